The molecule has 2 rings (SSSR count). The smallest absolute Gasteiger partial charge is 0.416 e. The molecule has 1 aromatic heterocycles. The van der Waals surface area contributed by atoms with Gasteiger partial charge in [-0.15, -0.1) is 0 Å². The van der Waals surface area contributed by atoms with Crippen LogP contribution < -0.4 is 0 Å². The van der Waals surface area contributed by atoms with E-state index in [2.05, 4.69) is 4.98 Å². The molecule has 1 aromatic rings. The van der Waals surface area contributed by atoms with E-state index in [-0.39, 0.29) is 18.4 Å². The third-order valence-corrected chi connectivity index (χ3v) is 3.15. The van der Waals surface area contributed by atoms with E-state index in [9.17, 15) is 23.1 Å². The molecule has 0 aliphatic heterocycles. The third-order valence-electron chi connectivity index (χ3n) is 3.15. The van der Waals surface area contributed by atoms with E-state index >= 15 is 0 Å². The van der Waals surface area contributed by atoms with E-state index in [1.165, 1.54) is 0 Å². The van der Waals surface area contributed by atoms with Crippen molar-refractivity contribution in [2.45, 2.75) is 24.6 Å². The van der Waals surface area contributed by atoms with Crippen molar-refractivity contribution >= 4 is 5.97 Å². The summed E-state index contributed by atoms with van der Waals surface area (Å²) < 4.78 is 38.2. The van der Waals surface area contributed by atoms with Crippen LogP contribution in [0.1, 0.15) is 24.0 Å². The van der Waals surface area contributed by atoms with Gasteiger partial charge in [-0.1, -0.05) is 0 Å². The van der Waals surface area contributed by atoms with Crippen LogP contribution in [-0.4, -0.2) is 21.2 Å². The van der Waals surface area contributed by atoms with Crippen LogP contribution in [0.5, 0.6) is 0 Å². The summed E-state index contributed by atoms with van der Waals surface area (Å²) in [5.41, 5.74) is -3.07. The Kier molecular flexibility index (Phi) is 2.81. The van der Waals surface area contributed by atoms with Crippen LogP contribution in [0.2, 0.25) is 0 Å². The second-order valence-electron chi connectivity index (χ2n) is 4.39. The number of nitrogens with zero attached hydrogens (tertiary/aromatic N) is 1. The van der Waals surface area contributed by atoms with Crippen molar-refractivity contribution in [3.05, 3.63) is 29.6 Å². The minimum atomic E-state index is -4.59. The van der Waals surface area contributed by atoms with Gasteiger partial charge in [0, 0.05) is 18.0 Å². The van der Waals surface area contributed by atoms with Gasteiger partial charge >= 0.3 is 12.1 Å². The standard InChI is InChI=1S/C11H10F3NO3/c12-11(13,14)7-1-2-15-5-8(7)10(18)3-6(4-10)9(16)17/h1-2,5-6,18H,3-4H2,(H,16,17). The van der Waals surface area contributed by atoms with Crippen molar-refractivity contribution in [3.63, 3.8) is 0 Å². The Morgan fingerprint density at radius 2 is 2.06 bits per heavy atom. The predicted octanol–water partition coefficient (Wildman–Crippen LogP) is 1.78. The highest BCUT2D eigenvalue weighted by Gasteiger charge is 2.51. The molecule has 1 aliphatic carbocycles. The summed E-state index contributed by atoms with van der Waals surface area (Å²) >= 11 is 0. The van der Waals surface area contributed by atoms with Crippen molar-refractivity contribution < 1.29 is 28.2 Å². The summed E-state index contributed by atoms with van der Waals surface area (Å²) in [6.45, 7) is 0. The first-order chi connectivity index (χ1) is 8.24. The van der Waals surface area contributed by atoms with E-state index in [0.717, 1.165) is 18.5 Å². The number of aromatic nitrogens is 1. The maximum Gasteiger partial charge on any atom is 0.416 e. The maximum atomic E-state index is 12.7. The molecule has 1 saturated carbocycles. The molecule has 7 heteroatoms. The lowest BCUT2D eigenvalue weighted by Gasteiger charge is -2.42. The molecule has 2 N–H and O–H groups in total. The van der Waals surface area contributed by atoms with Gasteiger partial charge in [0.15, 0.2) is 0 Å². The topological polar surface area (TPSA) is 70.4 Å². The molecule has 4 nitrogen and oxygen atoms in total. The van der Waals surface area contributed by atoms with Crippen LogP contribution in [0.15, 0.2) is 18.5 Å². The van der Waals surface area contributed by atoms with Crippen LogP contribution in [-0.2, 0) is 16.6 Å². The largest absolute Gasteiger partial charge is 0.481 e. The van der Waals surface area contributed by atoms with Gasteiger partial charge in [0.25, 0.3) is 0 Å². The normalized spacial score (nSPS) is 27.7. The molecule has 0 amide bonds. The maximum absolute atomic E-state index is 12.7. The molecule has 1 fully saturated rings. The number of carboxylic acids is 1. The molecule has 0 unspecified atom stereocenters. The van der Waals surface area contributed by atoms with E-state index in [1.807, 2.05) is 0 Å². The fraction of sp³-hybridized carbons (Fsp3) is 0.455. The van der Waals surface area contributed by atoms with Gasteiger partial charge in [-0.2, -0.15) is 13.2 Å². The number of carbonyl (C=O) groups is 1. The van der Waals surface area contributed by atoms with Crippen LogP contribution in [0.25, 0.3) is 0 Å². The van der Waals surface area contributed by atoms with Crippen LogP contribution in [0.3, 0.4) is 0 Å². The number of hydrogen-bond acceptors (Lipinski definition) is 3. The van der Waals surface area contributed by atoms with E-state index in [4.69, 9.17) is 5.11 Å². The van der Waals surface area contributed by atoms with Crippen molar-refractivity contribution in [2.75, 3.05) is 0 Å². The summed E-state index contributed by atoms with van der Waals surface area (Å²) in [7, 11) is 0. The highest BCUT2D eigenvalue weighted by atomic mass is 19.4. The first-order valence-electron chi connectivity index (χ1n) is 5.21. The Balaban J connectivity index is 2.33. The quantitative estimate of drug-likeness (QED) is 0.851. The van der Waals surface area contributed by atoms with Crippen molar-refractivity contribution in [3.8, 4) is 0 Å². The second-order valence-corrected chi connectivity index (χ2v) is 4.39. The van der Waals surface area contributed by atoms with Crippen molar-refractivity contribution in [1.82, 2.24) is 4.98 Å². The van der Waals surface area contributed by atoms with Crippen molar-refractivity contribution in [2.24, 2.45) is 5.92 Å². The van der Waals surface area contributed by atoms with Gasteiger partial charge in [-0.3, -0.25) is 9.78 Å². The summed E-state index contributed by atoms with van der Waals surface area (Å²) in [5.74, 6) is -1.92. The van der Waals surface area contributed by atoms with E-state index in [1.54, 1.807) is 0 Å². The summed E-state index contributed by atoms with van der Waals surface area (Å²) in [6, 6.07) is 0.779. The van der Waals surface area contributed by atoms with E-state index < -0.39 is 29.2 Å². The van der Waals surface area contributed by atoms with Crippen molar-refractivity contribution in [1.29, 1.82) is 0 Å². The summed E-state index contributed by atoms with van der Waals surface area (Å²) in [6.07, 6.45) is -3.11. The molecule has 0 radical (unpaired) electrons. The molecular formula is C11H10F3NO3. The van der Waals surface area contributed by atoms with Crippen LogP contribution in [0, 0.1) is 5.92 Å². The zero-order valence-corrected chi connectivity index (χ0v) is 9.11. The molecule has 0 saturated heterocycles. The fourth-order valence-corrected chi connectivity index (χ4v) is 2.16. The Bertz CT molecular complexity index is 481. The zero-order chi connectivity index (χ0) is 13.6. The van der Waals surface area contributed by atoms with Crippen LogP contribution >= 0.6 is 0 Å². The molecule has 18 heavy (non-hydrogen) atoms. The number of aliphatic hydroxyl groups is 1. The van der Waals surface area contributed by atoms with Gasteiger partial charge in [0.1, 0.15) is 0 Å². The monoisotopic (exact) mass is 261 g/mol. The van der Waals surface area contributed by atoms with Gasteiger partial charge in [0.2, 0.25) is 0 Å². The molecule has 1 heterocycles. The second kappa shape index (κ2) is 3.94. The number of pyridine rings is 1. The Labute approximate surface area is 100 Å². The lowest BCUT2D eigenvalue weighted by Crippen LogP contribution is -2.45. The zero-order valence-electron chi connectivity index (χ0n) is 9.11. The highest BCUT2D eigenvalue weighted by molar-refractivity contribution is 5.72. The number of rotatable bonds is 2. The van der Waals surface area contributed by atoms with Crippen LogP contribution in [0.4, 0.5) is 13.2 Å². The molecule has 0 aromatic carbocycles. The van der Waals surface area contributed by atoms with Gasteiger partial charge in [-0.05, 0) is 18.9 Å². The lowest BCUT2D eigenvalue weighted by atomic mass is 9.67. The molecule has 98 valence electrons. The molecule has 1 aliphatic rings. The van der Waals surface area contributed by atoms with Gasteiger partial charge in [-0.25, -0.2) is 0 Å². The predicted molar refractivity (Wildman–Crippen MR) is 53.5 cm³/mol. The Morgan fingerprint density at radius 1 is 1.44 bits per heavy atom. The Hall–Kier alpha value is -1.63. The molecular weight excluding hydrogens is 251 g/mol. The first-order valence-corrected chi connectivity index (χ1v) is 5.21. The highest BCUT2D eigenvalue weighted by Crippen LogP contribution is 2.48. The average Bonchev–Trinajstić information content (AvgIpc) is 2.23. The number of alkyl halides is 3. The number of hydrogen-bond donors (Lipinski definition) is 2. The van der Waals surface area contributed by atoms with Gasteiger partial charge < -0.3 is 10.2 Å². The molecule has 0 bridgehead atoms. The molecule has 0 atom stereocenters. The Morgan fingerprint density at radius 3 is 2.56 bits per heavy atom. The molecule has 0 spiro atoms. The number of carboxylic acid groups (broad SMARTS) is 1. The first kappa shape index (κ1) is 12.8. The SMILES string of the molecule is O=C(O)C1CC(O)(c2cnccc2C(F)(F)F)C1. The third kappa shape index (κ3) is 2.05. The summed E-state index contributed by atoms with van der Waals surface area (Å²) in [4.78, 5) is 14.2. The van der Waals surface area contributed by atoms with Gasteiger partial charge in [0.05, 0.1) is 17.1 Å². The number of aliphatic carboxylic acids is 1. The summed E-state index contributed by atoms with van der Waals surface area (Å²) in [5, 5.41) is 18.7. The average molecular weight is 261 g/mol. The number of halogens is 3. The fourth-order valence-electron chi connectivity index (χ4n) is 2.16. The lowest BCUT2D eigenvalue weighted by molar-refractivity contribution is -0.162. The minimum absolute atomic E-state index is 0.225. The van der Waals surface area contributed by atoms with E-state index in [0.29, 0.717) is 0 Å². The minimum Gasteiger partial charge on any atom is -0.481 e.